The zero-order chi connectivity index (χ0) is 31.5. The van der Waals surface area contributed by atoms with Crippen LogP contribution in [0.2, 0.25) is 0 Å². The molecular formula is C34H53NO11. The Balaban J connectivity index is -0.000000547. The fourth-order valence-corrected chi connectivity index (χ4v) is 3.33. The molecule has 1 unspecified atom stereocenters. The molecule has 12 heteroatoms. The molecule has 12 nitrogen and oxygen atoms in total. The van der Waals surface area contributed by atoms with Crippen molar-refractivity contribution in [1.29, 1.82) is 0 Å². The van der Waals surface area contributed by atoms with Gasteiger partial charge in [-0.1, -0.05) is 54.0 Å². The predicted octanol–water partition coefficient (Wildman–Crippen LogP) is 5.07. The number of carbonyl (C=O) groups is 6. The zero-order valence-corrected chi connectivity index (χ0v) is 24.4. The number of ketones is 2. The number of aryl methyl sites for hydroxylation is 1. The van der Waals surface area contributed by atoms with Crippen LogP contribution in [-0.2, 0) is 55.8 Å². The van der Waals surface area contributed by atoms with Crippen LogP contribution in [0.5, 0.6) is 11.5 Å². The molecule has 260 valence electrons. The fourth-order valence-electron chi connectivity index (χ4n) is 3.33. The van der Waals surface area contributed by atoms with Crippen LogP contribution in [0, 0.1) is 0 Å². The SMILES string of the molecule is C.C.C.C.COC(=O)C(Cc1ccc(OC(=O)CC(C)=O)cc1)NC(=O)CCc1ccc(OC)cc1.COCOC(=O)CC(C)=O. The average Bonchev–Trinajstić information content (AvgIpc) is 2.95. The van der Waals surface area contributed by atoms with Gasteiger partial charge in [0.2, 0.25) is 5.91 Å². The largest absolute Gasteiger partial charge is 0.497 e. The first-order valence-corrected chi connectivity index (χ1v) is 12.9. The van der Waals surface area contributed by atoms with Gasteiger partial charge in [-0.05, 0) is 55.7 Å². The lowest BCUT2D eigenvalue weighted by molar-refractivity contribution is -0.155. The van der Waals surface area contributed by atoms with Crippen LogP contribution < -0.4 is 14.8 Å². The van der Waals surface area contributed by atoms with E-state index in [9.17, 15) is 28.8 Å². The van der Waals surface area contributed by atoms with Gasteiger partial charge in [-0.25, -0.2) is 4.79 Å². The summed E-state index contributed by atoms with van der Waals surface area (Å²) in [5, 5.41) is 2.72. The quantitative estimate of drug-likeness (QED) is 0.118. The summed E-state index contributed by atoms with van der Waals surface area (Å²) in [5.74, 6) is -1.47. The summed E-state index contributed by atoms with van der Waals surface area (Å²) < 4.78 is 23.9. The van der Waals surface area contributed by atoms with E-state index in [1.807, 2.05) is 24.3 Å². The highest BCUT2D eigenvalue weighted by atomic mass is 16.7. The highest BCUT2D eigenvalue weighted by Crippen LogP contribution is 2.15. The van der Waals surface area contributed by atoms with Gasteiger partial charge in [-0.2, -0.15) is 0 Å². The van der Waals surface area contributed by atoms with Crippen molar-refractivity contribution in [2.75, 3.05) is 28.1 Å². The Kier molecular flexibility index (Phi) is 28.1. The molecule has 0 heterocycles. The molecule has 0 fully saturated rings. The second kappa shape index (κ2) is 26.8. The maximum Gasteiger partial charge on any atom is 0.328 e. The lowest BCUT2D eigenvalue weighted by atomic mass is 10.0. The Labute approximate surface area is 274 Å². The molecule has 0 saturated carbocycles. The number of hydrogen-bond acceptors (Lipinski definition) is 11. The second-order valence-corrected chi connectivity index (χ2v) is 8.99. The van der Waals surface area contributed by atoms with E-state index in [-0.39, 0.29) is 85.4 Å². The zero-order valence-electron chi connectivity index (χ0n) is 24.4. The molecule has 2 aromatic carbocycles. The molecule has 0 aliphatic carbocycles. The number of Topliss-reactive ketones (excluding diaryl/α,β-unsaturated/α-hetero) is 2. The maximum atomic E-state index is 12.4. The van der Waals surface area contributed by atoms with Gasteiger partial charge in [-0.3, -0.25) is 24.0 Å². The van der Waals surface area contributed by atoms with Crippen molar-refractivity contribution in [1.82, 2.24) is 5.32 Å². The number of esters is 3. The summed E-state index contributed by atoms with van der Waals surface area (Å²) in [6.07, 6.45) is 0.468. The molecule has 1 amide bonds. The average molecular weight is 652 g/mol. The van der Waals surface area contributed by atoms with Crippen LogP contribution >= 0.6 is 0 Å². The van der Waals surface area contributed by atoms with Gasteiger partial charge >= 0.3 is 17.9 Å². The number of nitrogens with one attached hydrogen (secondary N) is 1. The molecular weight excluding hydrogens is 598 g/mol. The van der Waals surface area contributed by atoms with Crippen molar-refractivity contribution in [3.05, 3.63) is 59.7 Å². The molecule has 2 aromatic rings. The van der Waals surface area contributed by atoms with E-state index < -0.39 is 23.9 Å². The van der Waals surface area contributed by atoms with Gasteiger partial charge in [0.05, 0.1) is 14.2 Å². The number of hydrogen-bond donors (Lipinski definition) is 1. The molecule has 2 rings (SSSR count). The predicted molar refractivity (Wildman–Crippen MR) is 177 cm³/mol. The molecule has 0 saturated heterocycles. The molecule has 0 aliphatic heterocycles. The third-order valence-electron chi connectivity index (χ3n) is 5.34. The number of benzene rings is 2. The number of carbonyl (C=O) groups excluding carboxylic acids is 6. The third-order valence-corrected chi connectivity index (χ3v) is 5.34. The molecule has 0 radical (unpaired) electrons. The summed E-state index contributed by atoms with van der Waals surface area (Å²) in [5.41, 5.74) is 1.72. The first-order chi connectivity index (χ1) is 20.0. The van der Waals surface area contributed by atoms with E-state index in [1.165, 1.54) is 28.1 Å². The highest BCUT2D eigenvalue weighted by molar-refractivity contribution is 5.95. The summed E-state index contributed by atoms with van der Waals surface area (Å²) in [4.78, 5) is 67.9. The van der Waals surface area contributed by atoms with Crippen molar-refractivity contribution < 1.29 is 52.5 Å². The second-order valence-electron chi connectivity index (χ2n) is 8.99. The number of methoxy groups -OCH3 is 3. The normalized spacial score (nSPS) is 9.76. The Morgan fingerprint density at radius 2 is 1.20 bits per heavy atom. The molecule has 46 heavy (non-hydrogen) atoms. The van der Waals surface area contributed by atoms with Crippen LogP contribution in [0.1, 0.15) is 73.9 Å². The number of amides is 1. The molecule has 1 atom stereocenters. The van der Waals surface area contributed by atoms with Crippen molar-refractivity contribution in [3.8, 4) is 11.5 Å². The molecule has 0 aromatic heterocycles. The highest BCUT2D eigenvalue weighted by Gasteiger charge is 2.22. The van der Waals surface area contributed by atoms with E-state index >= 15 is 0 Å². The minimum Gasteiger partial charge on any atom is -0.497 e. The molecule has 0 spiro atoms. The van der Waals surface area contributed by atoms with E-state index in [2.05, 4.69) is 14.8 Å². The van der Waals surface area contributed by atoms with Gasteiger partial charge in [0.1, 0.15) is 41.9 Å². The lowest BCUT2D eigenvalue weighted by Gasteiger charge is -2.17. The minimum absolute atomic E-state index is 0. The smallest absolute Gasteiger partial charge is 0.328 e. The Morgan fingerprint density at radius 1 is 0.696 bits per heavy atom. The fraction of sp³-hybridized carbons (Fsp3) is 0.471. The third kappa shape index (κ3) is 21.2. The van der Waals surface area contributed by atoms with Crippen molar-refractivity contribution >= 4 is 35.4 Å². The van der Waals surface area contributed by atoms with Gasteiger partial charge in [0, 0.05) is 20.0 Å². The Morgan fingerprint density at radius 3 is 1.67 bits per heavy atom. The summed E-state index contributed by atoms with van der Waals surface area (Å²) in [6, 6.07) is 13.0. The summed E-state index contributed by atoms with van der Waals surface area (Å²) in [7, 11) is 4.25. The van der Waals surface area contributed by atoms with E-state index in [0.717, 1.165) is 16.9 Å². The lowest BCUT2D eigenvalue weighted by Crippen LogP contribution is -2.43. The minimum atomic E-state index is -0.852. The standard InChI is InChI=1S/C24H27NO7.C6H10O4.4CH4/c1-16(26)14-23(28)32-20-11-6-18(7-12-20)15-21(24(29)31-3)25-22(27)13-8-17-4-9-19(30-2)10-5-17;1-5(7)3-6(8)10-4-9-2;;;;/h4-7,9-12,21H,8,13-15H2,1-3H3,(H,25,27);3-4H2,1-2H3;4*1H4. The van der Waals surface area contributed by atoms with Gasteiger partial charge < -0.3 is 29.0 Å². The Hall–Kier alpha value is -4.58. The van der Waals surface area contributed by atoms with Crippen LogP contribution in [0.4, 0.5) is 0 Å². The van der Waals surface area contributed by atoms with Crippen LogP contribution in [0.3, 0.4) is 0 Å². The van der Waals surface area contributed by atoms with Crippen LogP contribution in [0.25, 0.3) is 0 Å². The van der Waals surface area contributed by atoms with Gasteiger partial charge in [0.15, 0.2) is 6.79 Å². The maximum absolute atomic E-state index is 12.4. The summed E-state index contributed by atoms with van der Waals surface area (Å²) in [6.45, 7) is 2.54. The van der Waals surface area contributed by atoms with Gasteiger partial charge in [0.25, 0.3) is 0 Å². The molecule has 0 bridgehead atoms. The first kappa shape index (κ1) is 48.3. The number of ether oxygens (including phenoxy) is 5. The van der Waals surface area contributed by atoms with E-state index in [1.54, 1.807) is 31.4 Å². The van der Waals surface area contributed by atoms with E-state index in [4.69, 9.17) is 14.2 Å². The summed E-state index contributed by atoms with van der Waals surface area (Å²) >= 11 is 0. The van der Waals surface area contributed by atoms with Crippen molar-refractivity contribution in [2.45, 2.75) is 81.7 Å². The number of rotatable bonds is 15. The van der Waals surface area contributed by atoms with Crippen LogP contribution in [-0.4, -0.2) is 69.5 Å². The van der Waals surface area contributed by atoms with Crippen molar-refractivity contribution in [3.63, 3.8) is 0 Å². The Bertz CT molecular complexity index is 1190. The van der Waals surface area contributed by atoms with E-state index in [0.29, 0.717) is 6.42 Å². The molecule has 0 aliphatic rings. The monoisotopic (exact) mass is 651 g/mol. The van der Waals surface area contributed by atoms with Crippen molar-refractivity contribution in [2.24, 2.45) is 0 Å². The topological polar surface area (TPSA) is 161 Å². The first-order valence-electron chi connectivity index (χ1n) is 12.9. The van der Waals surface area contributed by atoms with Crippen LogP contribution in [0.15, 0.2) is 48.5 Å². The molecule has 1 N–H and O–H groups in total. The van der Waals surface area contributed by atoms with Gasteiger partial charge in [-0.15, -0.1) is 0 Å².